The highest BCUT2D eigenvalue weighted by molar-refractivity contribution is 5.39. The Morgan fingerprint density at radius 3 is 2.50 bits per heavy atom. The van der Waals surface area contributed by atoms with Gasteiger partial charge in [0.15, 0.2) is 0 Å². The zero-order valence-corrected chi connectivity index (χ0v) is 7.00. The van der Waals surface area contributed by atoms with Gasteiger partial charge in [0, 0.05) is 5.56 Å². The lowest BCUT2D eigenvalue weighted by molar-refractivity contribution is -0.388. The average molecular weight is 206 g/mol. The predicted molar refractivity (Wildman–Crippen MR) is 40.5 cm³/mol. The summed E-state index contributed by atoms with van der Waals surface area (Å²) in [4.78, 5) is 12.1. The van der Waals surface area contributed by atoms with Gasteiger partial charge in [0.2, 0.25) is 0 Å². The first-order valence-electron chi connectivity index (χ1n) is 3.53. The van der Waals surface area contributed by atoms with Gasteiger partial charge in [-0.05, 0) is 13.0 Å². The Labute approximate surface area is 76.5 Å². The van der Waals surface area contributed by atoms with Crippen molar-refractivity contribution in [3.05, 3.63) is 33.4 Å². The predicted octanol–water partition coefficient (Wildman–Crippen LogP) is 2.37. The van der Waals surface area contributed by atoms with Crippen LogP contribution in [-0.4, -0.2) is 9.91 Å². The molecule has 1 aromatic heterocycles. The van der Waals surface area contributed by atoms with Crippen molar-refractivity contribution in [2.45, 2.75) is 13.3 Å². The molecule has 0 aliphatic carbocycles. The maximum atomic E-state index is 12.8. The average Bonchev–Trinajstić information content (AvgIpc) is 2.01. The minimum absolute atomic E-state index is 0.169. The molecule has 0 fully saturated rings. The van der Waals surface area contributed by atoms with Crippen LogP contribution in [0.25, 0.3) is 0 Å². The molecule has 0 saturated heterocycles. The van der Waals surface area contributed by atoms with Crippen molar-refractivity contribution in [2.24, 2.45) is 0 Å². The number of pyridine rings is 1. The Hall–Kier alpha value is -1.66. The molecule has 0 spiro atoms. The van der Waals surface area contributed by atoms with E-state index in [2.05, 4.69) is 4.98 Å². The van der Waals surface area contributed by atoms with E-state index in [1.807, 2.05) is 0 Å². The van der Waals surface area contributed by atoms with Gasteiger partial charge in [0.1, 0.15) is 5.69 Å². The molecule has 0 bridgehead atoms. The van der Waals surface area contributed by atoms with E-state index in [9.17, 15) is 23.3 Å². The number of alkyl halides is 2. The Morgan fingerprint density at radius 2 is 2.14 bits per heavy atom. The normalized spacial score (nSPS) is 10.6. The number of hydrogen-bond acceptors (Lipinski definition) is 3. The summed E-state index contributed by atoms with van der Waals surface area (Å²) in [5, 5.41) is 10.3. The van der Waals surface area contributed by atoms with Gasteiger partial charge in [-0.25, -0.2) is 13.8 Å². The molecule has 0 atom stereocenters. The molecule has 0 saturated carbocycles. The minimum atomic E-state index is -2.94. The van der Waals surface area contributed by atoms with E-state index >= 15 is 0 Å². The van der Waals surface area contributed by atoms with Gasteiger partial charge in [-0.15, -0.1) is 0 Å². The lowest BCUT2D eigenvalue weighted by Gasteiger charge is -2.01. The van der Waals surface area contributed by atoms with Crippen molar-refractivity contribution in [1.82, 2.24) is 4.98 Å². The highest BCUT2D eigenvalue weighted by Gasteiger charge is 2.23. The molecule has 0 unspecified atom stereocenters. The Morgan fingerprint density at radius 1 is 1.57 bits per heavy atom. The van der Waals surface area contributed by atoms with Gasteiger partial charge < -0.3 is 0 Å². The quantitative estimate of drug-likeness (QED) is 0.424. The summed E-state index contributed by atoms with van der Waals surface area (Å²) >= 11 is 0. The van der Waals surface area contributed by atoms with Crippen molar-refractivity contribution in [1.29, 1.82) is 0 Å². The van der Waals surface area contributed by atoms with Crippen LogP contribution in [0.4, 0.5) is 18.9 Å². The molecule has 1 aromatic rings. The van der Waals surface area contributed by atoms with Crippen LogP contribution in [0.2, 0.25) is 0 Å². The maximum absolute atomic E-state index is 12.8. The third-order valence-corrected chi connectivity index (χ3v) is 1.57. The van der Waals surface area contributed by atoms with Gasteiger partial charge >= 0.3 is 5.69 Å². The third-order valence-electron chi connectivity index (χ3n) is 1.57. The van der Waals surface area contributed by atoms with Crippen molar-refractivity contribution >= 4 is 5.69 Å². The van der Waals surface area contributed by atoms with E-state index in [1.165, 1.54) is 6.92 Å². The molecule has 0 radical (unpaired) electrons. The Bertz CT molecular complexity index is 358. The van der Waals surface area contributed by atoms with Crippen LogP contribution < -0.4 is 0 Å². The SMILES string of the molecule is Cc1cc(C(F)F)nc(F)c1[N+](=O)[O-]. The molecule has 0 amide bonds. The molecule has 76 valence electrons. The Kier molecular flexibility index (Phi) is 2.68. The molecule has 4 nitrogen and oxygen atoms in total. The third kappa shape index (κ3) is 1.81. The first-order chi connectivity index (χ1) is 6.43. The summed E-state index contributed by atoms with van der Waals surface area (Å²) in [6, 6.07) is 0.797. The van der Waals surface area contributed by atoms with E-state index < -0.39 is 28.7 Å². The van der Waals surface area contributed by atoms with Gasteiger partial charge in [-0.1, -0.05) is 0 Å². The summed E-state index contributed by atoms with van der Waals surface area (Å²) in [6.45, 7) is 1.18. The number of aromatic nitrogens is 1. The van der Waals surface area contributed by atoms with Crippen LogP contribution in [0.3, 0.4) is 0 Å². The number of rotatable bonds is 2. The monoisotopic (exact) mass is 206 g/mol. The summed E-state index contributed by atoms with van der Waals surface area (Å²) in [5.41, 5.74) is -1.84. The van der Waals surface area contributed by atoms with Crippen LogP contribution in [-0.2, 0) is 0 Å². The van der Waals surface area contributed by atoms with E-state index in [0.29, 0.717) is 0 Å². The summed E-state index contributed by atoms with van der Waals surface area (Å²) in [5.74, 6) is -1.48. The van der Waals surface area contributed by atoms with Gasteiger partial charge in [0.25, 0.3) is 12.4 Å². The second kappa shape index (κ2) is 3.60. The standard InChI is InChI=1S/C7H5F3N2O2/c1-3-2-4(6(8)9)11-7(10)5(3)12(13)14/h2,6H,1H3. The fourth-order valence-corrected chi connectivity index (χ4v) is 0.983. The lowest BCUT2D eigenvalue weighted by Crippen LogP contribution is -2.02. The first-order valence-corrected chi connectivity index (χ1v) is 3.53. The lowest BCUT2D eigenvalue weighted by atomic mass is 10.2. The van der Waals surface area contributed by atoms with E-state index in [4.69, 9.17) is 0 Å². The molecule has 7 heteroatoms. The Balaban J connectivity index is 3.32. The minimum Gasteiger partial charge on any atom is -0.258 e. The van der Waals surface area contributed by atoms with Crippen LogP contribution in [0, 0.1) is 23.0 Å². The number of nitro groups is 1. The number of halogens is 3. The van der Waals surface area contributed by atoms with Crippen molar-refractivity contribution in [2.75, 3.05) is 0 Å². The second-order valence-electron chi connectivity index (χ2n) is 2.56. The number of hydrogen-bond donors (Lipinski definition) is 0. The first kappa shape index (κ1) is 10.4. The van der Waals surface area contributed by atoms with Crippen LogP contribution in [0.1, 0.15) is 17.7 Å². The van der Waals surface area contributed by atoms with Crippen LogP contribution in [0.15, 0.2) is 6.07 Å². The largest absolute Gasteiger partial charge is 0.326 e. The van der Waals surface area contributed by atoms with Crippen molar-refractivity contribution in [3.8, 4) is 0 Å². The molecule has 14 heavy (non-hydrogen) atoms. The number of aryl methyl sites for hydroxylation is 1. The van der Waals surface area contributed by atoms with E-state index in [1.54, 1.807) is 0 Å². The van der Waals surface area contributed by atoms with E-state index in [0.717, 1.165) is 6.07 Å². The van der Waals surface area contributed by atoms with Crippen LogP contribution >= 0.6 is 0 Å². The van der Waals surface area contributed by atoms with E-state index in [-0.39, 0.29) is 5.56 Å². The second-order valence-corrected chi connectivity index (χ2v) is 2.56. The zero-order chi connectivity index (χ0) is 10.9. The molecule has 1 rings (SSSR count). The molecule has 0 aliphatic rings. The van der Waals surface area contributed by atoms with Gasteiger partial charge in [0.05, 0.1) is 4.92 Å². The number of nitrogens with zero attached hydrogens (tertiary/aromatic N) is 2. The van der Waals surface area contributed by atoms with Crippen molar-refractivity contribution in [3.63, 3.8) is 0 Å². The zero-order valence-electron chi connectivity index (χ0n) is 7.00. The smallest absolute Gasteiger partial charge is 0.258 e. The summed E-state index contributed by atoms with van der Waals surface area (Å²) in [7, 11) is 0. The highest BCUT2D eigenvalue weighted by atomic mass is 19.3. The molecule has 0 N–H and O–H groups in total. The topological polar surface area (TPSA) is 56.0 Å². The van der Waals surface area contributed by atoms with Crippen LogP contribution in [0.5, 0.6) is 0 Å². The molecule has 1 heterocycles. The summed E-state index contributed by atoms with van der Waals surface area (Å²) < 4.78 is 37.0. The molecule has 0 aliphatic heterocycles. The van der Waals surface area contributed by atoms with Gasteiger partial charge in [-0.2, -0.15) is 4.39 Å². The van der Waals surface area contributed by atoms with Gasteiger partial charge in [-0.3, -0.25) is 10.1 Å². The molecular formula is C7H5F3N2O2. The highest BCUT2D eigenvalue weighted by Crippen LogP contribution is 2.25. The fourth-order valence-electron chi connectivity index (χ4n) is 0.983. The summed E-state index contributed by atoms with van der Waals surface area (Å²) in [6.07, 6.45) is -2.94. The fraction of sp³-hybridized carbons (Fsp3) is 0.286. The molecule has 0 aromatic carbocycles. The van der Waals surface area contributed by atoms with Crippen molar-refractivity contribution < 1.29 is 18.1 Å². The maximum Gasteiger partial charge on any atom is 0.326 e. The molecular weight excluding hydrogens is 201 g/mol.